The summed E-state index contributed by atoms with van der Waals surface area (Å²) in [5.74, 6) is 7.30. The zero-order valence-corrected chi connectivity index (χ0v) is 20.5. The highest BCUT2D eigenvalue weighted by Crippen LogP contribution is 2.30. The van der Waals surface area contributed by atoms with Gasteiger partial charge in [-0.1, -0.05) is 37.0 Å². The van der Waals surface area contributed by atoms with Crippen molar-refractivity contribution < 1.29 is 4.74 Å². The van der Waals surface area contributed by atoms with Crippen LogP contribution in [-0.4, -0.2) is 18.0 Å². The summed E-state index contributed by atoms with van der Waals surface area (Å²) in [6.45, 7) is 11.9. The van der Waals surface area contributed by atoms with Crippen LogP contribution in [0, 0.1) is 17.3 Å². The summed E-state index contributed by atoms with van der Waals surface area (Å²) in [5.41, 5.74) is 2.60. The van der Waals surface area contributed by atoms with E-state index in [2.05, 4.69) is 97.7 Å². The van der Waals surface area contributed by atoms with Crippen molar-refractivity contribution in [3.8, 4) is 28.0 Å². The summed E-state index contributed by atoms with van der Waals surface area (Å²) in [5, 5.41) is 4.30. The van der Waals surface area contributed by atoms with Crippen LogP contribution >= 0.6 is 22.7 Å². The molecule has 0 aliphatic heterocycles. The van der Waals surface area contributed by atoms with Gasteiger partial charge in [0.2, 0.25) is 0 Å². The average molecular weight is 450 g/mol. The van der Waals surface area contributed by atoms with E-state index in [1.165, 1.54) is 20.9 Å². The van der Waals surface area contributed by atoms with Gasteiger partial charge in [0.25, 0.3) is 0 Å². The van der Waals surface area contributed by atoms with Gasteiger partial charge in [0.15, 0.2) is 0 Å². The largest absolute Gasteiger partial charge is 0.488 e. The smallest absolute Gasteiger partial charge is 0.122 e. The predicted octanol–water partition coefficient (Wildman–Crippen LogP) is 7.48. The third kappa shape index (κ3) is 8.03. The van der Waals surface area contributed by atoms with Crippen molar-refractivity contribution in [1.29, 1.82) is 0 Å². The molecular formula is C27H31NOS2. The van der Waals surface area contributed by atoms with E-state index in [-0.39, 0.29) is 5.41 Å². The molecule has 0 aliphatic carbocycles. The van der Waals surface area contributed by atoms with Crippen LogP contribution in [0.1, 0.15) is 38.1 Å². The third-order valence-corrected chi connectivity index (χ3v) is 6.40. The third-order valence-electron chi connectivity index (χ3n) is 4.61. The van der Waals surface area contributed by atoms with Crippen LogP contribution in [0.3, 0.4) is 0 Å². The first-order chi connectivity index (χ1) is 14.9. The van der Waals surface area contributed by atoms with Gasteiger partial charge in [0, 0.05) is 33.8 Å². The molecule has 0 N–H and O–H groups in total. The average Bonchev–Trinajstić information content (AvgIpc) is 3.42. The Labute approximate surface area is 195 Å². The number of benzene rings is 1. The molecule has 0 amide bonds. The SMILES string of the molecule is CCN(C/C=C/C#CC(C)(C)C)Cc1cccc(OCc2ccc(-c3ccsc3)s2)c1. The number of hydrogen-bond donors (Lipinski definition) is 0. The first-order valence-electron chi connectivity index (χ1n) is 10.7. The van der Waals surface area contributed by atoms with Crippen LogP contribution in [0.25, 0.3) is 10.4 Å². The van der Waals surface area contributed by atoms with Crippen LogP contribution in [0.5, 0.6) is 5.75 Å². The maximum atomic E-state index is 6.09. The Balaban J connectivity index is 1.53. The summed E-state index contributed by atoms with van der Waals surface area (Å²) < 4.78 is 6.09. The van der Waals surface area contributed by atoms with E-state index in [0.717, 1.165) is 25.4 Å². The van der Waals surface area contributed by atoms with Gasteiger partial charge in [-0.2, -0.15) is 11.3 Å². The Kier molecular flexibility index (Phi) is 8.54. The molecule has 2 nitrogen and oxygen atoms in total. The Hall–Kier alpha value is -2.32. The molecule has 0 bridgehead atoms. The molecule has 0 radical (unpaired) electrons. The van der Waals surface area contributed by atoms with E-state index in [4.69, 9.17) is 4.74 Å². The number of hydrogen-bond acceptors (Lipinski definition) is 4. The van der Waals surface area contributed by atoms with Gasteiger partial charge in [0.1, 0.15) is 12.4 Å². The lowest BCUT2D eigenvalue weighted by Gasteiger charge is -2.18. The Morgan fingerprint density at radius 3 is 2.74 bits per heavy atom. The topological polar surface area (TPSA) is 12.5 Å². The summed E-state index contributed by atoms with van der Waals surface area (Å²) in [7, 11) is 0. The minimum absolute atomic E-state index is 0.0454. The number of thiophene rings is 2. The maximum absolute atomic E-state index is 6.09. The predicted molar refractivity (Wildman–Crippen MR) is 136 cm³/mol. The molecule has 3 rings (SSSR count). The summed E-state index contributed by atoms with van der Waals surface area (Å²) in [4.78, 5) is 4.93. The molecular weight excluding hydrogens is 418 g/mol. The normalized spacial score (nSPS) is 11.6. The van der Waals surface area contributed by atoms with Gasteiger partial charge >= 0.3 is 0 Å². The van der Waals surface area contributed by atoms with Crippen molar-refractivity contribution in [3.05, 3.63) is 75.8 Å². The molecule has 1 aromatic carbocycles. The highest BCUT2D eigenvalue weighted by molar-refractivity contribution is 7.16. The molecule has 3 aromatic rings. The summed E-state index contributed by atoms with van der Waals surface area (Å²) in [6, 6.07) is 14.9. The fourth-order valence-corrected chi connectivity index (χ4v) is 4.63. The van der Waals surface area contributed by atoms with Crippen LogP contribution in [-0.2, 0) is 13.2 Å². The number of likely N-dealkylation sites (N-methyl/N-ethyl adjacent to an activating group) is 1. The molecule has 0 fully saturated rings. The number of ether oxygens (including phenoxy) is 1. The van der Waals surface area contributed by atoms with Crippen LogP contribution in [0.2, 0.25) is 0 Å². The molecule has 4 heteroatoms. The first kappa shape index (κ1) is 23.3. The quantitative estimate of drug-likeness (QED) is 0.314. The minimum atomic E-state index is 0.0454. The fourth-order valence-electron chi connectivity index (χ4n) is 2.99. The van der Waals surface area contributed by atoms with Gasteiger partial charge in [-0.15, -0.1) is 11.3 Å². The van der Waals surface area contributed by atoms with Crippen LogP contribution in [0.15, 0.2) is 65.4 Å². The number of nitrogens with zero attached hydrogens (tertiary/aromatic N) is 1. The van der Waals surface area contributed by atoms with E-state index in [9.17, 15) is 0 Å². The zero-order valence-electron chi connectivity index (χ0n) is 18.9. The summed E-state index contributed by atoms with van der Waals surface area (Å²) >= 11 is 3.53. The van der Waals surface area contributed by atoms with Crippen molar-refractivity contribution in [2.75, 3.05) is 13.1 Å². The zero-order chi connectivity index (χ0) is 22.1. The van der Waals surface area contributed by atoms with Crippen molar-refractivity contribution in [2.45, 2.75) is 40.8 Å². The van der Waals surface area contributed by atoms with Crippen LogP contribution < -0.4 is 4.74 Å². The molecule has 162 valence electrons. The second-order valence-corrected chi connectivity index (χ2v) is 10.4. The van der Waals surface area contributed by atoms with Gasteiger partial charge in [-0.3, -0.25) is 4.90 Å². The number of rotatable bonds is 9. The molecule has 0 atom stereocenters. The van der Waals surface area contributed by atoms with Crippen LogP contribution in [0.4, 0.5) is 0 Å². The van der Waals surface area contributed by atoms with Gasteiger partial charge < -0.3 is 4.74 Å². The van der Waals surface area contributed by atoms with Gasteiger partial charge in [0.05, 0.1) is 0 Å². The molecule has 31 heavy (non-hydrogen) atoms. The molecule has 0 aliphatic rings. The van der Waals surface area contributed by atoms with E-state index in [0.29, 0.717) is 6.61 Å². The molecule has 0 spiro atoms. The lowest BCUT2D eigenvalue weighted by Crippen LogP contribution is -2.22. The van der Waals surface area contributed by atoms with Gasteiger partial charge in [-0.05, 0) is 80.0 Å². The summed E-state index contributed by atoms with van der Waals surface area (Å²) in [6.07, 6.45) is 4.11. The molecule has 2 heterocycles. The second kappa shape index (κ2) is 11.3. The Bertz CT molecular complexity index is 1030. The fraction of sp³-hybridized carbons (Fsp3) is 0.333. The van der Waals surface area contributed by atoms with E-state index >= 15 is 0 Å². The van der Waals surface area contributed by atoms with Crippen molar-refractivity contribution in [3.63, 3.8) is 0 Å². The lowest BCUT2D eigenvalue weighted by atomic mass is 9.98. The highest BCUT2D eigenvalue weighted by Gasteiger charge is 2.06. The maximum Gasteiger partial charge on any atom is 0.122 e. The molecule has 2 aromatic heterocycles. The standard InChI is InChI=1S/C27H31NOS2/c1-5-28(16-8-6-7-15-27(2,3)4)19-22-10-9-11-24(18-22)29-20-25-12-13-26(31-25)23-14-17-30-21-23/h6,8-14,17-18,21H,5,16,19-20H2,1-4H3/b8-6+. The van der Waals surface area contributed by atoms with Crippen molar-refractivity contribution in [1.82, 2.24) is 4.90 Å². The van der Waals surface area contributed by atoms with E-state index < -0.39 is 0 Å². The Morgan fingerprint density at radius 2 is 2.00 bits per heavy atom. The van der Waals surface area contributed by atoms with E-state index in [1.807, 2.05) is 12.1 Å². The first-order valence-corrected chi connectivity index (χ1v) is 12.4. The monoisotopic (exact) mass is 449 g/mol. The highest BCUT2D eigenvalue weighted by atomic mass is 32.1. The minimum Gasteiger partial charge on any atom is -0.488 e. The molecule has 0 saturated carbocycles. The molecule has 0 saturated heterocycles. The van der Waals surface area contributed by atoms with Crippen molar-refractivity contribution >= 4 is 22.7 Å². The number of allylic oxidation sites excluding steroid dienone is 1. The van der Waals surface area contributed by atoms with Gasteiger partial charge in [-0.25, -0.2) is 0 Å². The Morgan fingerprint density at radius 1 is 1.13 bits per heavy atom. The molecule has 0 unspecified atom stereocenters. The van der Waals surface area contributed by atoms with Crippen molar-refractivity contribution in [2.24, 2.45) is 5.41 Å². The second-order valence-electron chi connectivity index (χ2n) is 8.46. The van der Waals surface area contributed by atoms with E-state index in [1.54, 1.807) is 22.7 Å². The lowest BCUT2D eigenvalue weighted by molar-refractivity contribution is 0.301.